The zero-order valence-corrected chi connectivity index (χ0v) is 19.9. The Morgan fingerprint density at radius 1 is 1.05 bits per heavy atom. The molecule has 0 N–H and O–H groups in total. The smallest absolute Gasteiger partial charge is 0.322 e. The van der Waals surface area contributed by atoms with Gasteiger partial charge in [0.2, 0.25) is 5.91 Å². The summed E-state index contributed by atoms with van der Waals surface area (Å²) in [5.41, 5.74) is -1.59. The van der Waals surface area contributed by atoms with E-state index in [2.05, 4.69) is 5.92 Å². The monoisotopic (exact) mass is 512 g/mol. The second-order valence-corrected chi connectivity index (χ2v) is 10.0. The first-order valence-electron chi connectivity index (χ1n) is 12.1. The third-order valence-corrected chi connectivity index (χ3v) is 7.65. The van der Waals surface area contributed by atoms with Gasteiger partial charge in [-0.1, -0.05) is 18.1 Å². The van der Waals surface area contributed by atoms with Crippen LogP contribution in [0.5, 0.6) is 0 Å². The van der Waals surface area contributed by atoms with Crippen molar-refractivity contribution in [2.45, 2.75) is 50.4 Å². The van der Waals surface area contributed by atoms with E-state index in [1.807, 2.05) is 0 Å². The number of rotatable bonds is 5. The van der Waals surface area contributed by atoms with E-state index in [1.54, 1.807) is 0 Å². The van der Waals surface area contributed by atoms with Crippen molar-refractivity contribution in [2.24, 2.45) is 11.8 Å². The highest BCUT2D eigenvalue weighted by molar-refractivity contribution is 6.10. The maximum atomic E-state index is 14.9. The van der Waals surface area contributed by atoms with Crippen LogP contribution in [0.15, 0.2) is 42.5 Å². The Labute approximate surface area is 211 Å². The lowest BCUT2D eigenvalue weighted by molar-refractivity contribution is -0.152. The number of carbonyl (C=O) groups is 3. The molecule has 0 bridgehead atoms. The Hall–Kier alpha value is -3.67. The Bertz CT molecular complexity index is 1310. The van der Waals surface area contributed by atoms with E-state index in [0.717, 1.165) is 35.9 Å². The quantitative estimate of drug-likeness (QED) is 0.431. The average molecular weight is 513 g/mol. The zero-order valence-electron chi connectivity index (χ0n) is 19.9. The fourth-order valence-corrected chi connectivity index (χ4v) is 5.54. The molecule has 2 aliphatic carbocycles. The topological polar surface area (TPSA) is 57.7 Å². The molecule has 9 heteroatoms. The maximum Gasteiger partial charge on any atom is 0.416 e. The molecule has 192 valence electrons. The van der Waals surface area contributed by atoms with Gasteiger partial charge in [-0.25, -0.2) is 4.39 Å². The lowest BCUT2D eigenvalue weighted by Gasteiger charge is -2.47. The Balaban J connectivity index is 1.50. The number of nitrogens with zero attached hydrogens (tertiary/aromatic N) is 2. The van der Waals surface area contributed by atoms with Gasteiger partial charge in [-0.15, -0.1) is 6.42 Å². The van der Waals surface area contributed by atoms with Crippen LogP contribution >= 0.6 is 0 Å². The second kappa shape index (κ2) is 9.02. The van der Waals surface area contributed by atoms with Crippen LogP contribution in [0, 0.1) is 30.0 Å². The summed E-state index contributed by atoms with van der Waals surface area (Å²) >= 11 is 0. The van der Waals surface area contributed by atoms with Gasteiger partial charge in [0, 0.05) is 23.9 Å². The first-order valence-corrected chi connectivity index (χ1v) is 12.1. The van der Waals surface area contributed by atoms with E-state index < -0.39 is 47.4 Å². The molecular weight excluding hydrogens is 488 g/mol. The van der Waals surface area contributed by atoms with E-state index in [9.17, 15) is 31.9 Å². The van der Waals surface area contributed by atoms with Crippen LogP contribution in [-0.2, 0) is 27.1 Å². The van der Waals surface area contributed by atoms with Crippen LogP contribution in [0.1, 0.15) is 48.8 Å². The molecule has 1 saturated heterocycles. The van der Waals surface area contributed by atoms with Crippen molar-refractivity contribution in [2.75, 3.05) is 11.4 Å². The van der Waals surface area contributed by atoms with Crippen molar-refractivity contribution in [3.8, 4) is 12.3 Å². The first kappa shape index (κ1) is 25.0. The van der Waals surface area contributed by atoms with Gasteiger partial charge in [-0.05, 0) is 68.0 Å². The van der Waals surface area contributed by atoms with Gasteiger partial charge in [0.15, 0.2) is 0 Å². The third kappa shape index (κ3) is 4.50. The van der Waals surface area contributed by atoms with Gasteiger partial charge in [0.25, 0.3) is 5.91 Å². The van der Waals surface area contributed by atoms with Crippen molar-refractivity contribution >= 4 is 23.3 Å². The molecule has 0 aromatic heterocycles. The van der Waals surface area contributed by atoms with Crippen LogP contribution in [-0.4, -0.2) is 34.6 Å². The van der Waals surface area contributed by atoms with Gasteiger partial charge >= 0.3 is 6.18 Å². The Morgan fingerprint density at radius 2 is 1.76 bits per heavy atom. The van der Waals surface area contributed by atoms with Gasteiger partial charge in [0.1, 0.15) is 23.7 Å². The van der Waals surface area contributed by atoms with Gasteiger partial charge in [0.05, 0.1) is 11.3 Å². The largest absolute Gasteiger partial charge is 0.416 e. The molecule has 5 rings (SSSR count). The lowest BCUT2D eigenvalue weighted by atomic mass is 9.86. The molecule has 3 fully saturated rings. The van der Waals surface area contributed by atoms with E-state index in [1.165, 1.54) is 29.2 Å². The molecule has 1 heterocycles. The van der Waals surface area contributed by atoms with Gasteiger partial charge in [-0.2, -0.15) is 13.2 Å². The second-order valence-electron chi connectivity index (χ2n) is 10.0. The van der Waals surface area contributed by atoms with Gasteiger partial charge in [-0.3, -0.25) is 19.3 Å². The molecule has 5 nitrogen and oxygen atoms in total. The molecule has 2 saturated carbocycles. The normalized spacial score (nSPS) is 24.0. The summed E-state index contributed by atoms with van der Waals surface area (Å²) in [5.74, 6) is 0.246. The number of Topliss-reactive ketones (excluding diaryl/α,β-unsaturated/α-hetero) is 1. The summed E-state index contributed by atoms with van der Waals surface area (Å²) in [7, 11) is 0. The first-order chi connectivity index (χ1) is 17.5. The number of hydrogen-bond donors (Lipinski definition) is 0. The molecule has 1 spiro atoms. The molecule has 2 atom stereocenters. The molecule has 1 unspecified atom stereocenters. The van der Waals surface area contributed by atoms with Crippen molar-refractivity contribution < 1.29 is 31.9 Å². The highest BCUT2D eigenvalue weighted by Gasteiger charge is 2.58. The summed E-state index contributed by atoms with van der Waals surface area (Å²) < 4.78 is 54.0. The number of alkyl halides is 3. The Morgan fingerprint density at radius 3 is 2.35 bits per heavy atom. The minimum Gasteiger partial charge on any atom is -0.322 e. The molecule has 2 aromatic carbocycles. The van der Waals surface area contributed by atoms with Crippen LogP contribution < -0.4 is 4.90 Å². The molecule has 2 aromatic rings. The van der Waals surface area contributed by atoms with E-state index in [4.69, 9.17) is 6.42 Å². The number of carbonyl (C=O) groups excluding carboxylic acids is 3. The predicted octanol–water partition coefficient (Wildman–Crippen LogP) is 4.72. The van der Waals surface area contributed by atoms with Gasteiger partial charge < -0.3 is 4.90 Å². The Kier molecular flexibility index (Phi) is 6.09. The zero-order chi connectivity index (χ0) is 26.5. The highest BCUT2D eigenvalue weighted by Crippen LogP contribution is 2.47. The number of terminal acetylenes is 1. The van der Waals surface area contributed by atoms with E-state index in [0.29, 0.717) is 12.0 Å². The van der Waals surface area contributed by atoms with Crippen LogP contribution in [0.3, 0.4) is 0 Å². The van der Waals surface area contributed by atoms with Crippen molar-refractivity contribution in [3.63, 3.8) is 0 Å². The molecule has 1 aliphatic heterocycles. The number of amides is 2. The summed E-state index contributed by atoms with van der Waals surface area (Å²) in [4.78, 5) is 42.9. The number of piperazine rings is 1. The van der Waals surface area contributed by atoms with Crippen LogP contribution in [0.2, 0.25) is 0 Å². The van der Waals surface area contributed by atoms with E-state index >= 15 is 0 Å². The SMILES string of the molecule is C#Cc1ccc(N2CC(=O)N(Cc3ccc(C(F)(F)F)cc3)[C@@]3(CCC(C(=O)C4CC4)C3)C2=O)c(F)c1. The number of halogens is 4. The van der Waals surface area contributed by atoms with E-state index in [-0.39, 0.29) is 42.3 Å². The van der Waals surface area contributed by atoms with Crippen molar-refractivity contribution in [3.05, 3.63) is 65.0 Å². The predicted molar refractivity (Wildman–Crippen MR) is 126 cm³/mol. The number of anilines is 1. The number of ketones is 1. The minimum absolute atomic E-state index is 0.0252. The molecule has 3 aliphatic rings. The summed E-state index contributed by atoms with van der Waals surface area (Å²) in [6.07, 6.45) is 3.17. The summed E-state index contributed by atoms with van der Waals surface area (Å²) in [5, 5.41) is 0. The molecule has 37 heavy (non-hydrogen) atoms. The average Bonchev–Trinajstić information content (AvgIpc) is 3.62. The number of hydrogen-bond acceptors (Lipinski definition) is 3. The fraction of sp³-hybridized carbons (Fsp3) is 0.393. The van der Waals surface area contributed by atoms with Crippen molar-refractivity contribution in [1.29, 1.82) is 0 Å². The number of benzene rings is 2. The minimum atomic E-state index is -4.50. The van der Waals surface area contributed by atoms with Crippen LogP contribution in [0.25, 0.3) is 0 Å². The van der Waals surface area contributed by atoms with Crippen molar-refractivity contribution in [1.82, 2.24) is 4.90 Å². The molecule has 0 radical (unpaired) electrons. The highest BCUT2D eigenvalue weighted by atomic mass is 19.4. The molecule has 2 amide bonds. The summed E-state index contributed by atoms with van der Waals surface area (Å²) in [6.45, 7) is -0.534. The van der Waals surface area contributed by atoms with Crippen LogP contribution in [0.4, 0.5) is 23.2 Å². The molecular formula is C28H24F4N2O3. The fourth-order valence-electron chi connectivity index (χ4n) is 5.54. The maximum absolute atomic E-state index is 14.9. The standard InChI is InChI=1S/C28H24F4N2O3/c1-2-17-5-10-23(22(29)13-17)33-16-24(35)34(15-18-3-8-21(9-4-18)28(30,31)32)27(26(33)37)12-11-20(14-27)25(36)19-6-7-19/h1,3-5,8-10,13,19-20H,6-7,11-12,14-16H2/t20?,27-/m1/s1. The third-order valence-electron chi connectivity index (χ3n) is 7.65. The summed E-state index contributed by atoms with van der Waals surface area (Å²) in [6, 6.07) is 8.37. The lowest BCUT2D eigenvalue weighted by Crippen LogP contribution is -2.67.